The molecule has 0 spiro atoms. The molecule has 0 aliphatic heterocycles. The van der Waals surface area contributed by atoms with Crippen LogP contribution in [0.15, 0.2) is 17.0 Å². The molecule has 0 saturated carbocycles. The molecule has 0 aliphatic carbocycles. The smallest absolute Gasteiger partial charge is 0.243 e. The van der Waals surface area contributed by atoms with E-state index < -0.39 is 21.5 Å². The third-order valence-electron chi connectivity index (χ3n) is 2.92. The van der Waals surface area contributed by atoms with Crippen LogP contribution >= 0.6 is 0 Å². The number of carbonyl (C=O) groups excluding carboxylic acids is 1. The Balaban J connectivity index is 3.30. The van der Waals surface area contributed by atoms with Gasteiger partial charge in [-0.2, -0.15) is 4.72 Å². The zero-order valence-corrected chi connectivity index (χ0v) is 12.3. The number of rotatable bonds is 4. The monoisotopic (exact) mass is 285 g/mol. The maximum absolute atomic E-state index is 12.2. The molecule has 1 amide bonds. The normalized spacial score (nSPS) is 12.4. The second-order valence-corrected chi connectivity index (χ2v) is 6.72. The largest absolute Gasteiger partial charge is 0.398 e. The van der Waals surface area contributed by atoms with Crippen molar-refractivity contribution in [2.45, 2.75) is 38.1 Å². The van der Waals surface area contributed by atoms with E-state index in [0.717, 1.165) is 11.1 Å². The van der Waals surface area contributed by atoms with Crippen LogP contribution in [0.3, 0.4) is 0 Å². The van der Waals surface area contributed by atoms with Crippen LogP contribution in [0.25, 0.3) is 0 Å². The van der Waals surface area contributed by atoms with Gasteiger partial charge in [0.05, 0.1) is 5.69 Å². The lowest BCUT2D eigenvalue weighted by Crippen LogP contribution is -2.52. The molecule has 1 aromatic carbocycles. The Morgan fingerprint density at radius 1 is 1.21 bits per heavy atom. The number of primary amides is 1. The van der Waals surface area contributed by atoms with Crippen molar-refractivity contribution in [1.82, 2.24) is 4.72 Å². The molecular weight excluding hydrogens is 266 g/mol. The summed E-state index contributed by atoms with van der Waals surface area (Å²) in [6, 6.07) is 3.06. The van der Waals surface area contributed by atoms with Gasteiger partial charge in [-0.25, -0.2) is 8.42 Å². The van der Waals surface area contributed by atoms with Crippen LogP contribution in [-0.4, -0.2) is 19.9 Å². The van der Waals surface area contributed by atoms with Gasteiger partial charge in [0.15, 0.2) is 0 Å². The molecule has 0 aromatic heterocycles. The molecule has 0 fully saturated rings. The summed E-state index contributed by atoms with van der Waals surface area (Å²) < 4.78 is 26.7. The molecule has 1 aromatic rings. The molecule has 0 atom stereocenters. The van der Waals surface area contributed by atoms with Crippen LogP contribution in [0, 0.1) is 13.8 Å². The third-order valence-corrected chi connectivity index (χ3v) is 4.63. The van der Waals surface area contributed by atoms with Crippen molar-refractivity contribution in [3.8, 4) is 0 Å². The number of hydrogen-bond donors (Lipinski definition) is 3. The van der Waals surface area contributed by atoms with Gasteiger partial charge >= 0.3 is 0 Å². The molecule has 1 rings (SSSR count). The van der Waals surface area contributed by atoms with Crippen LogP contribution in [0.4, 0.5) is 5.69 Å². The first kappa shape index (κ1) is 15.5. The van der Waals surface area contributed by atoms with Crippen LogP contribution in [0.1, 0.15) is 25.0 Å². The van der Waals surface area contributed by atoms with Gasteiger partial charge in [-0.15, -0.1) is 0 Å². The van der Waals surface area contributed by atoms with Crippen LogP contribution < -0.4 is 16.2 Å². The van der Waals surface area contributed by atoms with Crippen molar-refractivity contribution < 1.29 is 13.2 Å². The fourth-order valence-electron chi connectivity index (χ4n) is 1.49. The van der Waals surface area contributed by atoms with E-state index in [0.29, 0.717) is 0 Å². The van der Waals surface area contributed by atoms with Gasteiger partial charge in [-0.3, -0.25) is 4.79 Å². The number of nitrogen functional groups attached to an aromatic ring is 1. The fraction of sp³-hybridized carbons (Fsp3) is 0.417. The Bertz CT molecular complexity index is 621. The van der Waals surface area contributed by atoms with E-state index in [9.17, 15) is 13.2 Å². The highest BCUT2D eigenvalue weighted by molar-refractivity contribution is 7.89. The van der Waals surface area contributed by atoms with E-state index in [2.05, 4.69) is 4.72 Å². The number of anilines is 1. The quantitative estimate of drug-likeness (QED) is 0.695. The van der Waals surface area contributed by atoms with Gasteiger partial charge in [0.25, 0.3) is 0 Å². The van der Waals surface area contributed by atoms with E-state index in [-0.39, 0.29) is 10.6 Å². The first-order chi connectivity index (χ1) is 8.47. The van der Waals surface area contributed by atoms with Crippen molar-refractivity contribution >= 4 is 21.6 Å². The third kappa shape index (κ3) is 3.24. The maximum Gasteiger partial charge on any atom is 0.243 e. The average molecular weight is 285 g/mol. The molecule has 7 heteroatoms. The van der Waals surface area contributed by atoms with E-state index in [1.807, 2.05) is 6.92 Å². The molecule has 5 N–H and O–H groups in total. The number of nitrogens with one attached hydrogen (secondary N) is 1. The highest BCUT2D eigenvalue weighted by Gasteiger charge is 2.32. The van der Waals surface area contributed by atoms with Gasteiger partial charge in [0.2, 0.25) is 15.9 Å². The van der Waals surface area contributed by atoms with Crippen molar-refractivity contribution in [1.29, 1.82) is 0 Å². The van der Waals surface area contributed by atoms with Crippen molar-refractivity contribution in [3.63, 3.8) is 0 Å². The molecule has 19 heavy (non-hydrogen) atoms. The van der Waals surface area contributed by atoms with E-state index in [1.54, 1.807) is 13.0 Å². The Hall–Kier alpha value is -1.60. The molecule has 0 unspecified atom stereocenters. The topological polar surface area (TPSA) is 115 Å². The van der Waals surface area contributed by atoms with Gasteiger partial charge in [0.1, 0.15) is 10.4 Å². The minimum Gasteiger partial charge on any atom is -0.398 e. The highest BCUT2D eigenvalue weighted by atomic mass is 32.2. The molecule has 0 aliphatic rings. The average Bonchev–Trinajstić information content (AvgIpc) is 2.21. The lowest BCUT2D eigenvalue weighted by atomic mass is 10.1. The summed E-state index contributed by atoms with van der Waals surface area (Å²) in [5.74, 6) is -0.765. The summed E-state index contributed by atoms with van der Waals surface area (Å²) in [6.45, 7) is 6.41. The Kier molecular flexibility index (Phi) is 3.92. The number of benzene rings is 1. The zero-order chi connectivity index (χ0) is 15.0. The van der Waals surface area contributed by atoms with Crippen LogP contribution in [0.5, 0.6) is 0 Å². The van der Waals surface area contributed by atoms with Crippen molar-refractivity contribution in [2.24, 2.45) is 5.73 Å². The van der Waals surface area contributed by atoms with Crippen molar-refractivity contribution in [2.75, 3.05) is 5.73 Å². The molecule has 0 heterocycles. The van der Waals surface area contributed by atoms with Gasteiger partial charge < -0.3 is 11.5 Å². The predicted octanol–water partition coefficient (Wildman–Crippen LogP) is 0.428. The van der Waals surface area contributed by atoms with E-state index in [1.165, 1.54) is 19.9 Å². The lowest BCUT2D eigenvalue weighted by molar-refractivity contribution is -0.122. The van der Waals surface area contributed by atoms with Gasteiger partial charge in [-0.05, 0) is 51.0 Å². The Morgan fingerprint density at radius 3 is 2.16 bits per heavy atom. The summed E-state index contributed by atoms with van der Waals surface area (Å²) in [4.78, 5) is 11.1. The minimum absolute atomic E-state index is 0.0510. The molecule has 0 bridgehead atoms. The second-order valence-electron chi connectivity index (χ2n) is 5.07. The van der Waals surface area contributed by atoms with Crippen LogP contribution in [0.2, 0.25) is 0 Å². The number of nitrogens with two attached hydrogens (primary N) is 2. The summed E-state index contributed by atoms with van der Waals surface area (Å²) in [5, 5.41) is 0. The fourth-order valence-corrected chi connectivity index (χ4v) is 3.07. The van der Waals surface area contributed by atoms with E-state index in [4.69, 9.17) is 11.5 Å². The van der Waals surface area contributed by atoms with Crippen molar-refractivity contribution in [3.05, 3.63) is 23.3 Å². The van der Waals surface area contributed by atoms with E-state index >= 15 is 0 Å². The van der Waals surface area contributed by atoms with Crippen LogP contribution in [-0.2, 0) is 14.8 Å². The lowest BCUT2D eigenvalue weighted by Gasteiger charge is -2.22. The Morgan fingerprint density at radius 2 is 1.68 bits per heavy atom. The Labute approximate surface area is 113 Å². The summed E-state index contributed by atoms with van der Waals surface area (Å²) in [6.07, 6.45) is 0. The van der Waals surface area contributed by atoms with Gasteiger partial charge in [0, 0.05) is 0 Å². The summed E-state index contributed by atoms with van der Waals surface area (Å²) >= 11 is 0. The molecule has 106 valence electrons. The SMILES string of the molecule is Cc1cc(N)c(S(=O)(=O)NC(C)(C)C(N)=O)cc1C. The standard InChI is InChI=1S/C12H19N3O3S/c1-7-5-9(13)10(6-8(7)2)19(17,18)15-12(3,4)11(14)16/h5-6,15H,13H2,1-4H3,(H2,14,16). The number of carbonyl (C=O) groups is 1. The molecule has 0 radical (unpaired) electrons. The summed E-state index contributed by atoms with van der Waals surface area (Å²) in [7, 11) is -3.91. The minimum atomic E-state index is -3.91. The zero-order valence-electron chi connectivity index (χ0n) is 11.4. The number of sulfonamides is 1. The summed E-state index contributed by atoms with van der Waals surface area (Å²) in [5.41, 5.74) is 11.3. The first-order valence-corrected chi connectivity index (χ1v) is 7.16. The molecule has 0 saturated heterocycles. The number of hydrogen-bond acceptors (Lipinski definition) is 4. The van der Waals surface area contributed by atoms with Gasteiger partial charge in [-0.1, -0.05) is 0 Å². The number of amides is 1. The first-order valence-electron chi connectivity index (χ1n) is 5.68. The molecule has 6 nitrogen and oxygen atoms in total. The molecular formula is C12H19N3O3S. The highest BCUT2D eigenvalue weighted by Crippen LogP contribution is 2.23. The number of aryl methyl sites for hydroxylation is 2. The predicted molar refractivity (Wildman–Crippen MR) is 73.9 cm³/mol. The maximum atomic E-state index is 12.2. The second kappa shape index (κ2) is 4.82.